The molecule has 4 heterocycles. The van der Waals surface area contributed by atoms with E-state index in [-0.39, 0.29) is 0 Å². The van der Waals surface area contributed by atoms with Gasteiger partial charge in [-0.2, -0.15) is 0 Å². The van der Waals surface area contributed by atoms with Crippen molar-refractivity contribution in [3.05, 3.63) is 94.8 Å². The molecule has 0 atom stereocenters. The van der Waals surface area contributed by atoms with Gasteiger partial charge >= 0.3 is 238 Å². The summed E-state index contributed by atoms with van der Waals surface area (Å²) < 4.78 is 8.69. The van der Waals surface area contributed by atoms with Crippen LogP contribution in [0.3, 0.4) is 0 Å². The molecular weight excluding hydrogens is 630 g/mol. The molecule has 0 radical (unpaired) electrons. The van der Waals surface area contributed by atoms with Gasteiger partial charge < -0.3 is 0 Å². The molecule has 0 spiro atoms. The third kappa shape index (κ3) is 2.86. The summed E-state index contributed by atoms with van der Waals surface area (Å²) in [6.45, 7) is 0. The molecule has 0 saturated carbocycles. The van der Waals surface area contributed by atoms with Gasteiger partial charge in [-0.1, -0.05) is 0 Å². The van der Waals surface area contributed by atoms with E-state index in [1.807, 2.05) is 22.7 Å². The standard InChI is InChI=1S/C34H16S2Se2/c1-3-37-31-15-25-9-23-13-29-27(11-21(23)7-19(25)5-17(1)31)33-34(35-29)28-12-22-8-20-6-18-2-4-38-32(18)16-26(20)10-24(22)14-30(28)36-33/h1-16H. The van der Waals surface area contributed by atoms with E-state index in [0.29, 0.717) is 29.0 Å². The van der Waals surface area contributed by atoms with Crippen molar-refractivity contribution in [3.8, 4) is 0 Å². The number of rotatable bonds is 0. The van der Waals surface area contributed by atoms with Crippen LogP contribution in [0.1, 0.15) is 0 Å². The van der Waals surface area contributed by atoms with Crippen molar-refractivity contribution < 1.29 is 0 Å². The first-order valence-electron chi connectivity index (χ1n) is 12.6. The van der Waals surface area contributed by atoms with Gasteiger partial charge in [0.25, 0.3) is 0 Å². The van der Waals surface area contributed by atoms with Crippen molar-refractivity contribution in [2.75, 3.05) is 0 Å². The second-order valence-corrected chi connectivity index (χ2v) is 16.4. The summed E-state index contributed by atoms with van der Waals surface area (Å²) in [4.78, 5) is 4.67. The molecule has 4 aromatic heterocycles. The van der Waals surface area contributed by atoms with Crippen LogP contribution < -0.4 is 0 Å². The van der Waals surface area contributed by atoms with Gasteiger partial charge in [0, 0.05) is 0 Å². The Labute approximate surface area is 236 Å². The SMILES string of the molecule is c1cc2cc3cc4cc5c(cc4cc3cc2[se]1)sc1c2cc3cc4cc6cc[se]c6cc4cc3cc2sc51. The average Bonchev–Trinajstić information content (AvgIpc) is 3.70. The van der Waals surface area contributed by atoms with Crippen LogP contribution in [0.5, 0.6) is 0 Å². The minimum atomic E-state index is 0.482. The molecule has 0 amide bonds. The Bertz CT molecular complexity index is 2440. The van der Waals surface area contributed by atoms with E-state index in [9.17, 15) is 0 Å². The zero-order valence-electron chi connectivity index (χ0n) is 19.9. The second kappa shape index (κ2) is 7.37. The summed E-state index contributed by atoms with van der Waals surface area (Å²) >= 11 is 4.89. The number of hydrogen-bond acceptors (Lipinski definition) is 2. The van der Waals surface area contributed by atoms with Crippen LogP contribution in [0, 0.1) is 0 Å². The van der Waals surface area contributed by atoms with E-state index in [4.69, 9.17) is 0 Å². The zero-order valence-corrected chi connectivity index (χ0v) is 24.9. The fourth-order valence-corrected chi connectivity index (χ4v) is 12.3. The average molecular weight is 647 g/mol. The molecule has 6 aromatic carbocycles. The quantitative estimate of drug-likeness (QED) is 0.114. The first-order chi connectivity index (χ1) is 18.7. The maximum atomic E-state index is 2.44. The normalized spacial score (nSPS) is 12.7. The van der Waals surface area contributed by atoms with Crippen LogP contribution in [0.15, 0.2) is 94.8 Å². The fraction of sp³-hybridized carbons (Fsp3) is 0. The maximum absolute atomic E-state index is 2.44. The molecule has 0 bridgehead atoms. The van der Waals surface area contributed by atoms with Crippen LogP contribution >= 0.6 is 22.7 Å². The Morgan fingerprint density at radius 3 is 1.21 bits per heavy atom. The second-order valence-electron chi connectivity index (χ2n) is 10.3. The van der Waals surface area contributed by atoms with Gasteiger partial charge in [-0.3, -0.25) is 0 Å². The van der Waals surface area contributed by atoms with Crippen LogP contribution in [0.4, 0.5) is 0 Å². The molecule has 0 fully saturated rings. The molecule has 4 heteroatoms. The van der Waals surface area contributed by atoms with Gasteiger partial charge in [0.2, 0.25) is 0 Å². The molecule has 0 nitrogen and oxygen atoms in total. The Morgan fingerprint density at radius 2 is 0.737 bits per heavy atom. The van der Waals surface area contributed by atoms with Gasteiger partial charge in [0.05, 0.1) is 0 Å². The van der Waals surface area contributed by atoms with E-state index >= 15 is 0 Å². The van der Waals surface area contributed by atoms with Crippen molar-refractivity contribution in [3.63, 3.8) is 0 Å². The van der Waals surface area contributed by atoms with Gasteiger partial charge in [-0.25, -0.2) is 0 Å². The molecule has 0 aliphatic heterocycles. The van der Waals surface area contributed by atoms with Crippen molar-refractivity contribution >= 4 is 144 Å². The Morgan fingerprint density at radius 1 is 0.368 bits per heavy atom. The minimum absolute atomic E-state index is 0.482. The third-order valence-electron chi connectivity index (χ3n) is 8.05. The molecule has 0 aliphatic carbocycles. The van der Waals surface area contributed by atoms with Crippen LogP contribution in [0.2, 0.25) is 0 Å². The molecule has 0 N–H and O–H groups in total. The summed E-state index contributed by atoms with van der Waals surface area (Å²) in [5, 5.41) is 16.4. The number of benzene rings is 6. The molecular formula is C34H16S2Se2. The monoisotopic (exact) mass is 648 g/mol. The van der Waals surface area contributed by atoms with Crippen LogP contribution in [0.25, 0.3) is 92.0 Å². The predicted octanol–water partition coefficient (Wildman–Crippen LogP) is 10.3. The third-order valence-corrected chi connectivity index (χ3v) is 14.2. The Kier molecular flexibility index (Phi) is 4.06. The van der Waals surface area contributed by atoms with Gasteiger partial charge in [-0.15, -0.1) is 0 Å². The molecule has 0 saturated heterocycles. The van der Waals surface area contributed by atoms with Crippen LogP contribution in [-0.2, 0) is 0 Å². The number of fused-ring (bicyclic) bond motifs is 11. The van der Waals surface area contributed by atoms with E-state index in [1.54, 1.807) is 0 Å². The molecule has 0 aliphatic rings. The summed E-state index contributed by atoms with van der Waals surface area (Å²) in [7, 11) is 0. The molecule has 0 unspecified atom stereocenters. The van der Waals surface area contributed by atoms with Crippen molar-refractivity contribution in [2.24, 2.45) is 0 Å². The Balaban J connectivity index is 1.24. The zero-order chi connectivity index (χ0) is 24.5. The number of hydrogen-bond donors (Lipinski definition) is 0. The first-order valence-corrected chi connectivity index (χ1v) is 17.9. The van der Waals surface area contributed by atoms with Crippen molar-refractivity contribution in [1.82, 2.24) is 0 Å². The van der Waals surface area contributed by atoms with Crippen LogP contribution in [-0.4, -0.2) is 29.0 Å². The van der Waals surface area contributed by atoms with Gasteiger partial charge in [-0.05, 0) is 0 Å². The molecule has 10 rings (SSSR count). The summed E-state index contributed by atoms with van der Waals surface area (Å²) in [5.41, 5.74) is 0. The van der Waals surface area contributed by atoms with E-state index in [1.165, 1.54) is 92.0 Å². The summed E-state index contributed by atoms with van der Waals surface area (Å²) in [6.07, 6.45) is 0. The first kappa shape index (κ1) is 21.0. The van der Waals surface area contributed by atoms with Crippen molar-refractivity contribution in [1.29, 1.82) is 0 Å². The van der Waals surface area contributed by atoms with Gasteiger partial charge in [0.1, 0.15) is 0 Å². The van der Waals surface area contributed by atoms with E-state index in [0.717, 1.165) is 0 Å². The molecule has 38 heavy (non-hydrogen) atoms. The molecule has 10 aromatic rings. The summed E-state index contributed by atoms with van der Waals surface area (Å²) in [6, 6.07) is 33.5. The predicted molar refractivity (Wildman–Crippen MR) is 174 cm³/mol. The van der Waals surface area contributed by atoms with E-state index in [2.05, 4.69) is 94.8 Å². The van der Waals surface area contributed by atoms with Gasteiger partial charge in [0.15, 0.2) is 0 Å². The fourth-order valence-electron chi connectivity index (χ4n) is 6.17. The Hall–Kier alpha value is -2.94. The number of thiophene rings is 2. The molecule has 176 valence electrons. The van der Waals surface area contributed by atoms with Crippen molar-refractivity contribution in [2.45, 2.75) is 0 Å². The summed E-state index contributed by atoms with van der Waals surface area (Å²) in [5.74, 6) is 0. The topological polar surface area (TPSA) is 0 Å². The van der Waals surface area contributed by atoms with E-state index < -0.39 is 0 Å².